The van der Waals surface area contributed by atoms with E-state index in [4.69, 9.17) is 0 Å². The molecule has 0 unspecified atom stereocenters. The Kier molecular flexibility index (Phi) is 10.3. The van der Waals surface area contributed by atoms with Gasteiger partial charge in [0, 0.05) is 32.2 Å². The molecule has 122 valence electrons. The van der Waals surface area contributed by atoms with Crippen molar-refractivity contribution >= 4 is 24.8 Å². The Labute approximate surface area is 140 Å². The number of halogens is 2. The lowest BCUT2D eigenvalue weighted by molar-refractivity contribution is 0.0981. The van der Waals surface area contributed by atoms with Crippen LogP contribution in [-0.4, -0.2) is 41.8 Å². The van der Waals surface area contributed by atoms with Crippen LogP contribution in [0.5, 0.6) is 0 Å². The summed E-state index contributed by atoms with van der Waals surface area (Å²) in [5, 5.41) is 13.4. The molecule has 1 saturated heterocycles. The first-order valence-corrected chi connectivity index (χ1v) is 7.32. The van der Waals surface area contributed by atoms with Gasteiger partial charge in [-0.1, -0.05) is 44.2 Å². The summed E-state index contributed by atoms with van der Waals surface area (Å²) >= 11 is 0. The summed E-state index contributed by atoms with van der Waals surface area (Å²) in [7, 11) is 0. The van der Waals surface area contributed by atoms with E-state index >= 15 is 0 Å². The number of benzene rings is 1. The van der Waals surface area contributed by atoms with Gasteiger partial charge in [-0.05, 0) is 17.9 Å². The summed E-state index contributed by atoms with van der Waals surface area (Å²) in [4.78, 5) is 2.43. The standard InChI is InChI=1S/C16H26N2O.2ClH/c1-13(2)8-15-9-17-10-16(19)12-18(15)11-14-6-4-3-5-7-14;;/h3-7,13,15-17,19H,8-12H2,1-2H3;2*1H/t15-,16-;;/m1../s1. The molecule has 1 aliphatic rings. The van der Waals surface area contributed by atoms with E-state index in [1.54, 1.807) is 0 Å². The van der Waals surface area contributed by atoms with Crippen LogP contribution in [-0.2, 0) is 6.54 Å². The highest BCUT2D eigenvalue weighted by Gasteiger charge is 2.25. The van der Waals surface area contributed by atoms with Crippen LogP contribution in [0.15, 0.2) is 30.3 Å². The van der Waals surface area contributed by atoms with Crippen molar-refractivity contribution in [2.75, 3.05) is 19.6 Å². The number of aliphatic hydroxyl groups excluding tert-OH is 1. The molecule has 0 saturated carbocycles. The van der Waals surface area contributed by atoms with E-state index < -0.39 is 0 Å². The minimum atomic E-state index is -0.263. The van der Waals surface area contributed by atoms with Crippen molar-refractivity contribution in [1.29, 1.82) is 0 Å². The Hall–Kier alpha value is -0.320. The maximum Gasteiger partial charge on any atom is 0.0791 e. The molecule has 1 fully saturated rings. The molecular weight excluding hydrogens is 307 g/mol. The fourth-order valence-corrected chi connectivity index (χ4v) is 2.82. The molecule has 0 aliphatic carbocycles. The van der Waals surface area contributed by atoms with Gasteiger partial charge in [-0.2, -0.15) is 0 Å². The molecule has 0 aromatic heterocycles. The molecular formula is C16H28Cl2N2O. The van der Waals surface area contributed by atoms with Gasteiger partial charge in [-0.15, -0.1) is 24.8 Å². The lowest BCUT2D eigenvalue weighted by Crippen LogP contribution is -2.41. The summed E-state index contributed by atoms with van der Waals surface area (Å²) in [5.74, 6) is 0.681. The molecule has 0 amide bonds. The summed E-state index contributed by atoms with van der Waals surface area (Å²) in [6.45, 7) is 7.91. The number of nitrogens with zero attached hydrogens (tertiary/aromatic N) is 1. The number of β-amino-alcohol motifs (C(OH)–C–C–N with tert-alkyl or cyclic N) is 1. The van der Waals surface area contributed by atoms with Gasteiger partial charge in [0.25, 0.3) is 0 Å². The van der Waals surface area contributed by atoms with Gasteiger partial charge in [-0.3, -0.25) is 4.90 Å². The van der Waals surface area contributed by atoms with Crippen LogP contribution in [0.1, 0.15) is 25.8 Å². The van der Waals surface area contributed by atoms with Crippen molar-refractivity contribution in [2.45, 2.75) is 39.0 Å². The molecule has 1 aromatic rings. The molecule has 2 atom stereocenters. The summed E-state index contributed by atoms with van der Waals surface area (Å²) in [6, 6.07) is 11.1. The van der Waals surface area contributed by atoms with Crippen LogP contribution >= 0.6 is 24.8 Å². The minimum Gasteiger partial charge on any atom is -0.390 e. The maximum absolute atomic E-state index is 9.99. The van der Waals surface area contributed by atoms with Crippen molar-refractivity contribution in [3.05, 3.63) is 35.9 Å². The normalized spacial score (nSPS) is 23.0. The first kappa shape index (κ1) is 20.7. The zero-order valence-electron chi connectivity index (χ0n) is 12.9. The van der Waals surface area contributed by atoms with Crippen molar-refractivity contribution in [2.24, 2.45) is 5.92 Å². The predicted molar refractivity (Wildman–Crippen MR) is 93.5 cm³/mol. The average molecular weight is 335 g/mol. The van der Waals surface area contributed by atoms with E-state index in [1.165, 1.54) is 12.0 Å². The monoisotopic (exact) mass is 334 g/mol. The fraction of sp³-hybridized carbons (Fsp3) is 0.625. The number of rotatable bonds is 4. The van der Waals surface area contributed by atoms with Crippen LogP contribution < -0.4 is 5.32 Å². The second-order valence-corrected chi connectivity index (χ2v) is 6.01. The highest BCUT2D eigenvalue weighted by Crippen LogP contribution is 2.17. The van der Waals surface area contributed by atoms with E-state index in [9.17, 15) is 5.11 Å². The fourth-order valence-electron chi connectivity index (χ4n) is 2.82. The Morgan fingerprint density at radius 3 is 2.48 bits per heavy atom. The Balaban J connectivity index is 0.00000200. The first-order valence-electron chi connectivity index (χ1n) is 7.32. The second-order valence-electron chi connectivity index (χ2n) is 6.01. The van der Waals surface area contributed by atoms with Gasteiger partial charge in [-0.25, -0.2) is 0 Å². The van der Waals surface area contributed by atoms with Crippen molar-refractivity contribution in [1.82, 2.24) is 10.2 Å². The first-order chi connectivity index (χ1) is 9.15. The minimum absolute atomic E-state index is 0. The van der Waals surface area contributed by atoms with Crippen LogP contribution in [0.3, 0.4) is 0 Å². The van der Waals surface area contributed by atoms with Crippen molar-refractivity contribution in [3.63, 3.8) is 0 Å². The predicted octanol–water partition coefficient (Wildman–Crippen LogP) is 2.71. The third-order valence-corrected chi connectivity index (χ3v) is 3.69. The van der Waals surface area contributed by atoms with Gasteiger partial charge in [0.15, 0.2) is 0 Å². The van der Waals surface area contributed by atoms with Gasteiger partial charge >= 0.3 is 0 Å². The molecule has 3 nitrogen and oxygen atoms in total. The largest absolute Gasteiger partial charge is 0.390 e. The van der Waals surface area contributed by atoms with Crippen LogP contribution in [0.4, 0.5) is 0 Å². The highest BCUT2D eigenvalue weighted by atomic mass is 35.5. The smallest absolute Gasteiger partial charge is 0.0791 e. The molecule has 0 radical (unpaired) electrons. The zero-order valence-corrected chi connectivity index (χ0v) is 14.5. The summed E-state index contributed by atoms with van der Waals surface area (Å²) in [6.07, 6.45) is 0.910. The molecule has 2 rings (SSSR count). The number of aliphatic hydroxyl groups is 1. The second kappa shape index (κ2) is 10.4. The number of nitrogens with one attached hydrogen (secondary N) is 1. The summed E-state index contributed by atoms with van der Waals surface area (Å²) in [5.41, 5.74) is 1.32. The SMILES string of the molecule is CC(C)C[C@@H]1CNC[C@@H](O)CN1Cc1ccccc1.Cl.Cl. The molecule has 0 bridgehead atoms. The van der Waals surface area contributed by atoms with Gasteiger partial charge in [0.1, 0.15) is 0 Å². The van der Waals surface area contributed by atoms with E-state index in [1.807, 2.05) is 6.07 Å². The molecule has 2 N–H and O–H groups in total. The summed E-state index contributed by atoms with van der Waals surface area (Å²) < 4.78 is 0. The third-order valence-electron chi connectivity index (χ3n) is 3.69. The van der Waals surface area contributed by atoms with Crippen molar-refractivity contribution < 1.29 is 5.11 Å². The lowest BCUT2D eigenvalue weighted by Gasteiger charge is -2.31. The lowest BCUT2D eigenvalue weighted by atomic mass is 10.0. The molecule has 1 heterocycles. The quantitative estimate of drug-likeness (QED) is 0.888. The molecule has 1 aliphatic heterocycles. The van der Waals surface area contributed by atoms with Crippen LogP contribution in [0.25, 0.3) is 0 Å². The van der Waals surface area contributed by atoms with Crippen molar-refractivity contribution in [3.8, 4) is 0 Å². The van der Waals surface area contributed by atoms with Gasteiger partial charge in [0.05, 0.1) is 6.10 Å². The third kappa shape index (κ3) is 6.98. The number of hydrogen-bond acceptors (Lipinski definition) is 3. The Morgan fingerprint density at radius 2 is 1.86 bits per heavy atom. The maximum atomic E-state index is 9.99. The van der Waals surface area contributed by atoms with E-state index in [2.05, 4.69) is 48.3 Å². The van der Waals surface area contributed by atoms with E-state index in [0.29, 0.717) is 18.5 Å². The molecule has 1 aromatic carbocycles. The van der Waals surface area contributed by atoms with Gasteiger partial charge in [0.2, 0.25) is 0 Å². The topological polar surface area (TPSA) is 35.5 Å². The molecule has 21 heavy (non-hydrogen) atoms. The average Bonchev–Trinajstić information content (AvgIpc) is 2.53. The Bertz CT molecular complexity index is 376. The highest BCUT2D eigenvalue weighted by molar-refractivity contribution is 5.85. The van der Waals surface area contributed by atoms with Crippen LogP contribution in [0, 0.1) is 5.92 Å². The molecule has 0 spiro atoms. The Morgan fingerprint density at radius 1 is 1.19 bits per heavy atom. The van der Waals surface area contributed by atoms with E-state index in [-0.39, 0.29) is 30.9 Å². The molecule has 5 heteroatoms. The number of hydrogen-bond donors (Lipinski definition) is 2. The van der Waals surface area contributed by atoms with Gasteiger partial charge < -0.3 is 10.4 Å². The zero-order chi connectivity index (χ0) is 13.7. The van der Waals surface area contributed by atoms with E-state index in [0.717, 1.165) is 19.6 Å². The van der Waals surface area contributed by atoms with Crippen LogP contribution in [0.2, 0.25) is 0 Å².